The van der Waals surface area contributed by atoms with E-state index in [1.54, 1.807) is 12.4 Å². The van der Waals surface area contributed by atoms with Gasteiger partial charge in [0.15, 0.2) is 0 Å². The van der Waals surface area contributed by atoms with E-state index in [1.807, 2.05) is 4.90 Å². The molecule has 6 nitrogen and oxygen atoms in total. The van der Waals surface area contributed by atoms with Crippen LogP contribution in [-0.2, 0) is 0 Å². The molecule has 30 heavy (non-hydrogen) atoms. The maximum atomic E-state index is 12.6. The van der Waals surface area contributed by atoms with Gasteiger partial charge in [0, 0.05) is 19.3 Å². The lowest BCUT2D eigenvalue weighted by Crippen LogP contribution is -2.71. The molecule has 1 aromatic heterocycles. The summed E-state index contributed by atoms with van der Waals surface area (Å²) in [6.45, 7) is 3.38. The van der Waals surface area contributed by atoms with Crippen LogP contribution in [0, 0.1) is 23.2 Å². The highest BCUT2D eigenvalue weighted by atomic mass is 16.2. The number of nitrogens with one attached hydrogen (secondary N) is 1. The number of aromatic amines is 1. The minimum atomic E-state index is -0.161. The molecule has 3 aliphatic rings. The summed E-state index contributed by atoms with van der Waals surface area (Å²) in [5.74, 6) is 2.42. The van der Waals surface area contributed by atoms with Crippen molar-refractivity contribution in [3.05, 3.63) is 53.9 Å². The van der Waals surface area contributed by atoms with Gasteiger partial charge in [-0.15, -0.1) is 0 Å². The van der Waals surface area contributed by atoms with Crippen molar-refractivity contribution in [2.24, 2.45) is 11.8 Å². The van der Waals surface area contributed by atoms with Gasteiger partial charge in [-0.2, -0.15) is 10.4 Å². The van der Waals surface area contributed by atoms with Crippen molar-refractivity contribution in [1.82, 2.24) is 20.0 Å². The minimum Gasteiger partial charge on any atom is -0.335 e. The summed E-state index contributed by atoms with van der Waals surface area (Å²) in [6, 6.07) is 13.3. The average molecular weight is 404 g/mol. The third-order valence-electron chi connectivity index (χ3n) is 7.48. The van der Waals surface area contributed by atoms with E-state index in [1.165, 1.54) is 31.2 Å². The lowest BCUT2D eigenvalue weighted by atomic mass is 9.80. The van der Waals surface area contributed by atoms with Crippen molar-refractivity contribution in [2.45, 2.75) is 43.6 Å². The molecule has 2 atom stereocenters. The number of likely N-dealkylation sites (tertiary alicyclic amines) is 2. The van der Waals surface area contributed by atoms with Crippen molar-refractivity contribution in [2.75, 3.05) is 26.2 Å². The molecule has 2 aliphatic heterocycles. The second kappa shape index (κ2) is 7.88. The van der Waals surface area contributed by atoms with Gasteiger partial charge < -0.3 is 4.90 Å². The Labute approximate surface area is 177 Å². The summed E-state index contributed by atoms with van der Waals surface area (Å²) in [6.07, 6.45) is 8.79. The van der Waals surface area contributed by atoms with E-state index in [9.17, 15) is 10.1 Å². The summed E-state index contributed by atoms with van der Waals surface area (Å²) < 4.78 is 0. The number of hydrogen-bond acceptors (Lipinski definition) is 4. The number of rotatable bonds is 6. The fourth-order valence-corrected chi connectivity index (χ4v) is 5.62. The van der Waals surface area contributed by atoms with Crippen molar-refractivity contribution in [1.29, 1.82) is 5.26 Å². The van der Waals surface area contributed by atoms with Gasteiger partial charge >= 0.3 is 0 Å². The van der Waals surface area contributed by atoms with Crippen LogP contribution in [0.1, 0.15) is 53.9 Å². The van der Waals surface area contributed by atoms with Gasteiger partial charge in [-0.1, -0.05) is 30.3 Å². The fourth-order valence-electron chi connectivity index (χ4n) is 5.62. The molecular formula is C24H29N5O. The zero-order valence-electron chi connectivity index (χ0n) is 17.3. The van der Waals surface area contributed by atoms with Crippen molar-refractivity contribution in [3.63, 3.8) is 0 Å². The Bertz CT molecular complexity index is 905. The normalized spacial score (nSPS) is 26.0. The Hall–Kier alpha value is -2.65. The molecule has 156 valence electrons. The van der Waals surface area contributed by atoms with Crippen LogP contribution >= 0.6 is 0 Å². The number of benzene rings is 1. The van der Waals surface area contributed by atoms with Gasteiger partial charge in [0.2, 0.25) is 0 Å². The molecule has 3 fully saturated rings. The predicted octanol–water partition coefficient (Wildman–Crippen LogP) is 3.42. The molecule has 1 saturated carbocycles. The first-order chi connectivity index (χ1) is 14.7. The number of amides is 1. The number of piperidine rings is 1. The zero-order valence-corrected chi connectivity index (χ0v) is 17.3. The first-order valence-corrected chi connectivity index (χ1v) is 11.1. The number of H-pyrrole nitrogens is 1. The molecule has 1 N–H and O–H groups in total. The lowest BCUT2D eigenvalue weighted by Gasteiger charge is -2.56. The van der Waals surface area contributed by atoms with Crippen molar-refractivity contribution in [3.8, 4) is 6.07 Å². The molecule has 1 aromatic carbocycles. The van der Waals surface area contributed by atoms with Gasteiger partial charge in [-0.05, 0) is 62.1 Å². The smallest absolute Gasteiger partial charge is 0.257 e. The molecule has 1 amide bonds. The molecule has 6 heteroatoms. The predicted molar refractivity (Wildman–Crippen MR) is 114 cm³/mol. The molecule has 0 bridgehead atoms. The number of aromatic nitrogens is 2. The van der Waals surface area contributed by atoms with E-state index in [4.69, 9.17) is 0 Å². The molecule has 5 rings (SSSR count). The third-order valence-corrected chi connectivity index (χ3v) is 7.48. The van der Waals surface area contributed by atoms with Crippen molar-refractivity contribution >= 4 is 5.91 Å². The van der Waals surface area contributed by atoms with E-state index >= 15 is 0 Å². The van der Waals surface area contributed by atoms with Gasteiger partial charge in [-0.25, -0.2) is 0 Å². The molecule has 2 aromatic rings. The summed E-state index contributed by atoms with van der Waals surface area (Å²) in [5, 5.41) is 16.0. The third kappa shape index (κ3) is 3.63. The molecule has 1 aliphatic carbocycles. The Morgan fingerprint density at radius 2 is 2.00 bits per heavy atom. The Morgan fingerprint density at radius 1 is 1.23 bits per heavy atom. The lowest BCUT2D eigenvalue weighted by molar-refractivity contribution is -0.0530. The molecule has 3 heterocycles. The Morgan fingerprint density at radius 3 is 2.67 bits per heavy atom. The second-order valence-electron chi connectivity index (χ2n) is 9.39. The molecule has 1 unspecified atom stereocenters. The van der Waals surface area contributed by atoms with Crippen LogP contribution in [0.2, 0.25) is 0 Å². The number of nitriles is 1. The van der Waals surface area contributed by atoms with Crippen LogP contribution in [0.15, 0.2) is 42.7 Å². The summed E-state index contributed by atoms with van der Waals surface area (Å²) in [5.41, 5.74) is 1.94. The topological polar surface area (TPSA) is 76.0 Å². The van der Waals surface area contributed by atoms with E-state index in [0.29, 0.717) is 25.1 Å². The van der Waals surface area contributed by atoms with Crippen LogP contribution < -0.4 is 0 Å². The maximum absolute atomic E-state index is 12.6. The SMILES string of the molecule is N#CCC1(N2CCC(C[C@@H]3CC3c3ccccc3)CC2)CN(C(=O)c2cn[nH]c2)C1. The summed E-state index contributed by atoms with van der Waals surface area (Å²) in [4.78, 5) is 16.9. The van der Waals surface area contributed by atoms with E-state index < -0.39 is 0 Å². The first-order valence-electron chi connectivity index (χ1n) is 11.1. The zero-order chi connectivity index (χ0) is 20.6. The minimum absolute atomic E-state index is 0.00730. The highest BCUT2D eigenvalue weighted by Gasteiger charge is 2.50. The first kappa shape index (κ1) is 19.3. The monoisotopic (exact) mass is 403 g/mol. The highest BCUT2D eigenvalue weighted by molar-refractivity contribution is 5.94. The van der Waals surface area contributed by atoms with Crippen LogP contribution in [-0.4, -0.2) is 57.6 Å². The molecule has 2 saturated heterocycles. The van der Waals surface area contributed by atoms with Crippen molar-refractivity contribution < 1.29 is 4.79 Å². The molecule has 0 spiro atoms. The highest BCUT2D eigenvalue weighted by Crippen LogP contribution is 2.52. The number of hydrogen-bond donors (Lipinski definition) is 1. The van der Waals surface area contributed by atoms with Crippen LogP contribution in [0.4, 0.5) is 0 Å². The van der Waals surface area contributed by atoms with Gasteiger partial charge in [0.25, 0.3) is 5.91 Å². The number of carbonyl (C=O) groups is 1. The summed E-state index contributed by atoms with van der Waals surface area (Å²) >= 11 is 0. The Kier molecular flexibility index (Phi) is 5.08. The van der Waals surface area contributed by atoms with Crippen LogP contribution in [0.25, 0.3) is 0 Å². The van der Waals surface area contributed by atoms with E-state index in [-0.39, 0.29) is 11.4 Å². The van der Waals surface area contributed by atoms with Gasteiger partial charge in [0.05, 0.1) is 29.8 Å². The second-order valence-corrected chi connectivity index (χ2v) is 9.39. The molecular weight excluding hydrogens is 374 g/mol. The van der Waals surface area contributed by atoms with E-state index in [2.05, 4.69) is 51.5 Å². The van der Waals surface area contributed by atoms with Crippen LogP contribution in [0.5, 0.6) is 0 Å². The maximum Gasteiger partial charge on any atom is 0.257 e. The molecule has 0 radical (unpaired) electrons. The number of carbonyl (C=O) groups excluding carboxylic acids is 1. The number of nitrogens with zero attached hydrogens (tertiary/aromatic N) is 4. The standard InChI is InChI=1S/C24H29N5O/c25-9-8-24(16-28(17-24)23(30)21-14-26-27-15-21)29-10-6-18(7-11-29)12-20-13-22(20)19-4-2-1-3-5-19/h1-5,14-15,18,20,22H,6-8,10-13,16-17H2,(H,26,27)/t20-,22?/m1/s1. The summed E-state index contributed by atoms with van der Waals surface area (Å²) in [7, 11) is 0. The fraction of sp³-hybridized carbons (Fsp3) is 0.542. The largest absolute Gasteiger partial charge is 0.335 e. The average Bonchev–Trinajstić information content (AvgIpc) is 3.29. The Balaban J connectivity index is 1.13. The van der Waals surface area contributed by atoms with E-state index in [0.717, 1.165) is 30.8 Å². The van der Waals surface area contributed by atoms with Gasteiger partial charge in [-0.3, -0.25) is 14.8 Å². The van der Waals surface area contributed by atoms with Crippen LogP contribution in [0.3, 0.4) is 0 Å². The van der Waals surface area contributed by atoms with Gasteiger partial charge in [0.1, 0.15) is 0 Å². The quantitative estimate of drug-likeness (QED) is 0.802.